The molecule has 0 saturated heterocycles. The van der Waals surface area contributed by atoms with Crippen molar-refractivity contribution in [1.82, 2.24) is 4.90 Å². The predicted molar refractivity (Wildman–Crippen MR) is 177 cm³/mol. The lowest BCUT2D eigenvalue weighted by Gasteiger charge is -2.30. The second-order valence-electron chi connectivity index (χ2n) is 10.7. The van der Waals surface area contributed by atoms with Gasteiger partial charge in [-0.3, -0.25) is 9.59 Å². The highest BCUT2D eigenvalue weighted by atomic mass is 16.5. The summed E-state index contributed by atoms with van der Waals surface area (Å²) in [5.41, 5.74) is 3.40. The fraction of sp³-hybridized carbons (Fsp3) is 0.289. The van der Waals surface area contributed by atoms with Gasteiger partial charge in [-0.1, -0.05) is 72.8 Å². The Morgan fingerprint density at radius 2 is 1.28 bits per heavy atom. The summed E-state index contributed by atoms with van der Waals surface area (Å²) in [5, 5.41) is 0. The molecule has 0 aliphatic carbocycles. The van der Waals surface area contributed by atoms with Gasteiger partial charge in [-0.05, 0) is 73.9 Å². The average Bonchev–Trinajstić information content (AvgIpc) is 3.07. The topological polar surface area (TPSA) is 91.4 Å². The van der Waals surface area contributed by atoms with Crippen molar-refractivity contribution in [2.75, 3.05) is 19.8 Å². The van der Waals surface area contributed by atoms with E-state index in [0.717, 1.165) is 16.7 Å². The number of hydrogen-bond acceptors (Lipinski definition) is 7. The molecule has 8 nitrogen and oxygen atoms in total. The normalized spacial score (nSPS) is 12.0. The van der Waals surface area contributed by atoms with Crippen molar-refractivity contribution in [2.24, 2.45) is 0 Å². The number of hydrogen-bond donors (Lipinski definition) is 0. The summed E-state index contributed by atoms with van der Waals surface area (Å²) in [7, 11) is 0. The van der Waals surface area contributed by atoms with E-state index in [-0.39, 0.29) is 50.6 Å². The zero-order valence-corrected chi connectivity index (χ0v) is 26.6. The van der Waals surface area contributed by atoms with Crippen LogP contribution < -0.4 is 9.47 Å². The first-order chi connectivity index (χ1) is 22.4. The highest BCUT2D eigenvalue weighted by Gasteiger charge is 2.32. The van der Waals surface area contributed by atoms with E-state index in [1.54, 1.807) is 62.1 Å². The molecule has 8 heteroatoms. The summed E-state index contributed by atoms with van der Waals surface area (Å²) in [4.78, 5) is 40.7. The number of nitrogens with zero attached hydrogens (tertiary/aromatic N) is 1. The smallest absolute Gasteiger partial charge is 0.329 e. The quantitative estimate of drug-likeness (QED) is 0.123. The van der Waals surface area contributed by atoms with Crippen molar-refractivity contribution < 1.29 is 33.3 Å². The van der Waals surface area contributed by atoms with E-state index in [1.807, 2.05) is 72.8 Å². The maximum absolute atomic E-state index is 14.0. The Labute approximate surface area is 270 Å². The Morgan fingerprint density at radius 1 is 0.696 bits per heavy atom. The Balaban J connectivity index is 1.48. The zero-order valence-electron chi connectivity index (χ0n) is 26.6. The molecular formula is C38H41NO7. The lowest BCUT2D eigenvalue weighted by molar-refractivity contribution is -0.149. The molecule has 0 aromatic heterocycles. The third-order valence-electron chi connectivity index (χ3n) is 7.21. The molecule has 0 aliphatic heterocycles. The maximum Gasteiger partial charge on any atom is 0.329 e. The number of amides is 1. The molecule has 240 valence electrons. The number of esters is 2. The fourth-order valence-electron chi connectivity index (χ4n) is 4.98. The predicted octanol–water partition coefficient (Wildman–Crippen LogP) is 7.12. The zero-order chi connectivity index (χ0) is 32.7. The van der Waals surface area contributed by atoms with Crippen LogP contribution in [0, 0.1) is 0 Å². The maximum atomic E-state index is 14.0. The molecule has 0 radical (unpaired) electrons. The molecule has 0 bridgehead atoms. The molecule has 46 heavy (non-hydrogen) atoms. The van der Waals surface area contributed by atoms with Crippen LogP contribution in [-0.2, 0) is 25.6 Å². The monoisotopic (exact) mass is 623 g/mol. The summed E-state index contributed by atoms with van der Waals surface area (Å²) >= 11 is 0. The van der Waals surface area contributed by atoms with E-state index in [4.69, 9.17) is 18.9 Å². The van der Waals surface area contributed by atoms with Gasteiger partial charge in [0.2, 0.25) is 0 Å². The van der Waals surface area contributed by atoms with Crippen LogP contribution in [0.2, 0.25) is 0 Å². The molecule has 0 fully saturated rings. The fourth-order valence-corrected chi connectivity index (χ4v) is 4.98. The second-order valence-corrected chi connectivity index (χ2v) is 10.7. The van der Waals surface area contributed by atoms with Crippen LogP contribution in [0.3, 0.4) is 0 Å². The Bertz CT molecular complexity index is 1520. The van der Waals surface area contributed by atoms with Crippen LogP contribution in [0.25, 0.3) is 11.1 Å². The minimum Gasteiger partial charge on any atom is -0.493 e. The molecule has 0 saturated carbocycles. The minimum absolute atomic E-state index is 0.150. The van der Waals surface area contributed by atoms with Gasteiger partial charge in [0.05, 0.1) is 26.2 Å². The lowest BCUT2D eigenvalue weighted by Crippen LogP contribution is -2.46. The first kappa shape index (κ1) is 33.8. The van der Waals surface area contributed by atoms with Gasteiger partial charge in [0.25, 0.3) is 5.91 Å². The molecule has 4 aromatic carbocycles. The molecule has 1 amide bonds. The van der Waals surface area contributed by atoms with E-state index < -0.39 is 12.0 Å². The van der Waals surface area contributed by atoms with Gasteiger partial charge < -0.3 is 23.8 Å². The minimum atomic E-state index is -0.882. The van der Waals surface area contributed by atoms with Gasteiger partial charge >= 0.3 is 11.9 Å². The molecule has 0 heterocycles. The number of carbonyl (C=O) groups excluding carboxylic acids is 3. The summed E-state index contributed by atoms with van der Waals surface area (Å²) in [5.74, 6) is 0.0857. The number of benzene rings is 4. The molecule has 2 unspecified atom stereocenters. The van der Waals surface area contributed by atoms with E-state index in [1.165, 1.54) is 0 Å². The van der Waals surface area contributed by atoms with Gasteiger partial charge in [0, 0.05) is 18.5 Å². The standard InChI is InChI=1S/C38H41NO7/c1-4-43-36(40)26-28(3)46-34-22-20-33(21-23-34)45-25-24-35(38(42)44-5-2)39(27-29-12-8-6-9-13-29)37(41)32-18-16-31(17-19-32)30-14-10-7-11-15-30/h6-23,28,35H,4-5,24-27H2,1-3H3. The van der Waals surface area contributed by atoms with Crippen molar-refractivity contribution in [3.8, 4) is 22.6 Å². The summed E-state index contributed by atoms with van der Waals surface area (Å²) in [6, 6.07) is 33.0. The van der Waals surface area contributed by atoms with E-state index in [2.05, 4.69) is 0 Å². The van der Waals surface area contributed by atoms with E-state index in [0.29, 0.717) is 23.7 Å². The number of rotatable bonds is 16. The highest BCUT2D eigenvalue weighted by molar-refractivity contribution is 5.97. The van der Waals surface area contributed by atoms with Crippen LogP contribution in [-0.4, -0.2) is 54.7 Å². The highest BCUT2D eigenvalue weighted by Crippen LogP contribution is 2.24. The largest absolute Gasteiger partial charge is 0.493 e. The van der Waals surface area contributed by atoms with Crippen molar-refractivity contribution in [3.63, 3.8) is 0 Å². The molecular weight excluding hydrogens is 582 g/mol. The van der Waals surface area contributed by atoms with Crippen molar-refractivity contribution in [2.45, 2.75) is 52.3 Å². The van der Waals surface area contributed by atoms with Crippen LogP contribution in [0.1, 0.15) is 49.5 Å². The summed E-state index contributed by atoms with van der Waals surface area (Å²) in [6.07, 6.45) is 0.0178. The first-order valence-electron chi connectivity index (χ1n) is 15.6. The molecule has 2 atom stereocenters. The van der Waals surface area contributed by atoms with Crippen LogP contribution in [0.15, 0.2) is 109 Å². The molecule has 4 rings (SSSR count). The molecule has 0 aliphatic rings. The lowest BCUT2D eigenvalue weighted by atomic mass is 10.0. The third kappa shape index (κ3) is 9.95. The van der Waals surface area contributed by atoms with Gasteiger partial charge in [-0.15, -0.1) is 0 Å². The Morgan fingerprint density at radius 3 is 1.91 bits per heavy atom. The number of ether oxygens (including phenoxy) is 4. The molecule has 4 aromatic rings. The van der Waals surface area contributed by atoms with Gasteiger partial charge in [-0.25, -0.2) is 4.79 Å². The van der Waals surface area contributed by atoms with Gasteiger partial charge in [0.15, 0.2) is 0 Å². The van der Waals surface area contributed by atoms with Crippen LogP contribution >= 0.6 is 0 Å². The molecule has 0 spiro atoms. The van der Waals surface area contributed by atoms with Crippen LogP contribution in [0.4, 0.5) is 0 Å². The average molecular weight is 624 g/mol. The summed E-state index contributed by atoms with van der Waals surface area (Å²) in [6.45, 7) is 6.21. The van der Waals surface area contributed by atoms with Crippen molar-refractivity contribution in [1.29, 1.82) is 0 Å². The molecule has 0 N–H and O–H groups in total. The van der Waals surface area contributed by atoms with Gasteiger partial charge in [0.1, 0.15) is 23.6 Å². The summed E-state index contributed by atoms with van der Waals surface area (Å²) < 4.78 is 22.2. The van der Waals surface area contributed by atoms with Gasteiger partial charge in [-0.2, -0.15) is 0 Å². The van der Waals surface area contributed by atoms with Crippen molar-refractivity contribution in [3.05, 3.63) is 120 Å². The van der Waals surface area contributed by atoms with Crippen molar-refractivity contribution >= 4 is 17.8 Å². The van der Waals surface area contributed by atoms with E-state index >= 15 is 0 Å². The first-order valence-corrected chi connectivity index (χ1v) is 15.6. The Kier molecular flexibility index (Phi) is 12.8. The second kappa shape index (κ2) is 17.4. The Hall–Kier alpha value is -5.11. The third-order valence-corrected chi connectivity index (χ3v) is 7.21. The SMILES string of the molecule is CCOC(=O)CC(C)Oc1ccc(OCCC(C(=O)OCC)N(Cc2ccccc2)C(=O)c2ccc(-c3ccccc3)cc2)cc1. The van der Waals surface area contributed by atoms with Crippen LogP contribution in [0.5, 0.6) is 11.5 Å². The van der Waals surface area contributed by atoms with E-state index in [9.17, 15) is 14.4 Å². The number of carbonyl (C=O) groups is 3.